The molecular weight excluding hydrogens is 308 g/mol. The van der Waals surface area contributed by atoms with E-state index in [1.807, 2.05) is 0 Å². The summed E-state index contributed by atoms with van der Waals surface area (Å²) in [5, 5.41) is 9.18. The molecule has 1 aliphatic heterocycles. The molecule has 1 heterocycles. The smallest absolute Gasteiger partial charge is 0.387 e. The van der Waals surface area contributed by atoms with Crippen LogP contribution < -0.4 is 4.74 Å². The molecule has 0 aliphatic carbocycles. The van der Waals surface area contributed by atoms with Crippen molar-refractivity contribution in [2.24, 2.45) is 0 Å². The fourth-order valence-electron chi connectivity index (χ4n) is 2.72. The van der Waals surface area contributed by atoms with Gasteiger partial charge in [0.15, 0.2) is 0 Å². The van der Waals surface area contributed by atoms with Crippen molar-refractivity contribution < 1.29 is 28.2 Å². The van der Waals surface area contributed by atoms with Crippen LogP contribution in [0.5, 0.6) is 5.75 Å². The van der Waals surface area contributed by atoms with Gasteiger partial charge in [0.25, 0.3) is 0 Å². The fourth-order valence-corrected chi connectivity index (χ4v) is 2.72. The highest BCUT2D eigenvalue weighted by molar-refractivity contribution is 5.84. The Hall–Kier alpha value is -2.18. The van der Waals surface area contributed by atoms with Crippen LogP contribution in [-0.4, -0.2) is 41.1 Å². The molecule has 126 valence electrons. The van der Waals surface area contributed by atoms with Gasteiger partial charge in [-0.2, -0.15) is 8.78 Å². The molecule has 0 saturated carbocycles. The predicted molar refractivity (Wildman–Crippen MR) is 78.4 cm³/mol. The zero-order valence-corrected chi connectivity index (χ0v) is 12.6. The number of hydrogen-bond donors (Lipinski definition) is 1. The lowest BCUT2D eigenvalue weighted by molar-refractivity contribution is -0.152. The number of aliphatic carboxylic acids is 1. The number of amides is 1. The third-order valence-electron chi connectivity index (χ3n) is 3.88. The SMILES string of the molecule is O=C(O)C1CCCCN1C(=O)CCc1ccc(OC(F)F)cc1. The van der Waals surface area contributed by atoms with Crippen molar-refractivity contribution in [3.05, 3.63) is 29.8 Å². The van der Waals surface area contributed by atoms with Crippen LogP contribution >= 0.6 is 0 Å². The molecule has 0 aromatic heterocycles. The van der Waals surface area contributed by atoms with Crippen molar-refractivity contribution in [2.45, 2.75) is 44.8 Å². The third kappa shape index (κ3) is 4.91. The molecule has 1 aromatic carbocycles. The van der Waals surface area contributed by atoms with E-state index in [-0.39, 0.29) is 18.1 Å². The van der Waals surface area contributed by atoms with Crippen molar-refractivity contribution in [3.8, 4) is 5.75 Å². The molecular formula is C16H19F2NO4. The number of halogens is 2. The number of hydrogen-bond acceptors (Lipinski definition) is 3. The molecule has 1 aliphatic rings. The Kier molecular flexibility index (Phi) is 5.90. The Labute approximate surface area is 132 Å². The maximum absolute atomic E-state index is 12.2. The van der Waals surface area contributed by atoms with Gasteiger partial charge in [-0.1, -0.05) is 12.1 Å². The summed E-state index contributed by atoms with van der Waals surface area (Å²) in [5.74, 6) is -1.09. The number of carboxylic acid groups (broad SMARTS) is 1. The summed E-state index contributed by atoms with van der Waals surface area (Å²) in [6, 6.07) is 5.35. The summed E-state index contributed by atoms with van der Waals surface area (Å²) in [5.41, 5.74) is 0.809. The van der Waals surface area contributed by atoms with Crippen molar-refractivity contribution in [1.29, 1.82) is 0 Å². The van der Waals surface area contributed by atoms with E-state index in [2.05, 4.69) is 4.74 Å². The molecule has 1 atom stereocenters. The second kappa shape index (κ2) is 7.89. The van der Waals surface area contributed by atoms with Crippen molar-refractivity contribution in [2.75, 3.05) is 6.54 Å². The molecule has 1 fully saturated rings. The number of carboxylic acids is 1. The molecule has 0 spiro atoms. The highest BCUT2D eigenvalue weighted by Crippen LogP contribution is 2.20. The molecule has 5 nitrogen and oxygen atoms in total. The highest BCUT2D eigenvalue weighted by atomic mass is 19.3. The molecule has 1 N–H and O–H groups in total. The monoisotopic (exact) mass is 327 g/mol. The maximum atomic E-state index is 12.2. The fraction of sp³-hybridized carbons (Fsp3) is 0.500. The van der Waals surface area contributed by atoms with Crippen LogP contribution in [-0.2, 0) is 16.0 Å². The Morgan fingerprint density at radius 3 is 2.57 bits per heavy atom. The zero-order chi connectivity index (χ0) is 16.8. The molecule has 7 heteroatoms. The van der Waals surface area contributed by atoms with Crippen LogP contribution in [0.1, 0.15) is 31.2 Å². The van der Waals surface area contributed by atoms with Crippen molar-refractivity contribution in [3.63, 3.8) is 0 Å². The second-order valence-electron chi connectivity index (χ2n) is 5.46. The number of nitrogens with zero attached hydrogens (tertiary/aromatic N) is 1. The van der Waals surface area contributed by atoms with Gasteiger partial charge in [-0.25, -0.2) is 4.79 Å². The van der Waals surface area contributed by atoms with Crippen LogP contribution in [0, 0.1) is 0 Å². The predicted octanol–water partition coefficient (Wildman–Crippen LogP) is 2.69. The number of piperidine rings is 1. The number of ether oxygens (including phenoxy) is 1. The Balaban J connectivity index is 1.89. The van der Waals surface area contributed by atoms with E-state index in [0.717, 1.165) is 18.4 Å². The van der Waals surface area contributed by atoms with Crippen LogP contribution in [0.2, 0.25) is 0 Å². The van der Waals surface area contributed by atoms with E-state index in [1.54, 1.807) is 12.1 Å². The third-order valence-corrected chi connectivity index (χ3v) is 3.88. The number of likely N-dealkylation sites (tertiary alicyclic amines) is 1. The highest BCUT2D eigenvalue weighted by Gasteiger charge is 2.31. The minimum atomic E-state index is -2.87. The second-order valence-corrected chi connectivity index (χ2v) is 5.46. The number of carbonyl (C=O) groups is 2. The van der Waals surface area contributed by atoms with Crippen LogP contribution in [0.3, 0.4) is 0 Å². The van der Waals surface area contributed by atoms with E-state index in [0.29, 0.717) is 19.4 Å². The molecule has 0 bridgehead atoms. The van der Waals surface area contributed by atoms with Gasteiger partial charge in [0.1, 0.15) is 11.8 Å². The van der Waals surface area contributed by atoms with E-state index < -0.39 is 18.6 Å². The summed E-state index contributed by atoms with van der Waals surface area (Å²) < 4.78 is 28.4. The lowest BCUT2D eigenvalue weighted by Crippen LogP contribution is -2.48. The van der Waals surface area contributed by atoms with Crippen LogP contribution in [0.4, 0.5) is 8.78 Å². The number of aryl methyl sites for hydroxylation is 1. The van der Waals surface area contributed by atoms with Crippen LogP contribution in [0.15, 0.2) is 24.3 Å². The first-order valence-electron chi connectivity index (χ1n) is 7.53. The first-order valence-corrected chi connectivity index (χ1v) is 7.53. The van der Waals surface area contributed by atoms with Gasteiger partial charge in [-0.05, 0) is 43.4 Å². The average molecular weight is 327 g/mol. The quantitative estimate of drug-likeness (QED) is 0.872. The Bertz CT molecular complexity index is 548. The largest absolute Gasteiger partial charge is 0.480 e. The Morgan fingerprint density at radius 2 is 1.96 bits per heavy atom. The summed E-state index contributed by atoms with van der Waals surface area (Å²) in [6.45, 7) is -2.40. The van der Waals surface area contributed by atoms with Crippen molar-refractivity contribution >= 4 is 11.9 Å². The van der Waals surface area contributed by atoms with Gasteiger partial charge >= 0.3 is 12.6 Å². The summed E-state index contributed by atoms with van der Waals surface area (Å²) in [7, 11) is 0. The summed E-state index contributed by atoms with van der Waals surface area (Å²) >= 11 is 0. The van der Waals surface area contributed by atoms with Gasteiger partial charge in [0.05, 0.1) is 0 Å². The minimum absolute atomic E-state index is 0.0667. The van der Waals surface area contributed by atoms with Crippen LogP contribution in [0.25, 0.3) is 0 Å². The van der Waals surface area contributed by atoms with Gasteiger partial charge < -0.3 is 14.7 Å². The number of carbonyl (C=O) groups excluding carboxylic acids is 1. The molecule has 0 radical (unpaired) electrons. The topological polar surface area (TPSA) is 66.8 Å². The Morgan fingerprint density at radius 1 is 1.26 bits per heavy atom. The molecule has 1 aromatic rings. The number of rotatable bonds is 6. The number of alkyl halides is 2. The summed E-state index contributed by atoms with van der Waals surface area (Å²) in [4.78, 5) is 24.9. The molecule has 1 unspecified atom stereocenters. The zero-order valence-electron chi connectivity index (χ0n) is 12.6. The standard InChI is InChI=1S/C16H19F2NO4/c17-16(18)23-12-7-4-11(5-8-12)6-9-14(20)19-10-2-1-3-13(19)15(21)22/h4-5,7-8,13,16H,1-3,6,9-10H2,(H,21,22). The lowest BCUT2D eigenvalue weighted by Gasteiger charge is -2.33. The first-order chi connectivity index (χ1) is 11.0. The molecule has 23 heavy (non-hydrogen) atoms. The van der Waals surface area contributed by atoms with E-state index in [1.165, 1.54) is 17.0 Å². The maximum Gasteiger partial charge on any atom is 0.387 e. The van der Waals surface area contributed by atoms with Gasteiger partial charge in [0, 0.05) is 13.0 Å². The van der Waals surface area contributed by atoms with E-state index >= 15 is 0 Å². The van der Waals surface area contributed by atoms with E-state index in [9.17, 15) is 23.5 Å². The molecule has 1 amide bonds. The lowest BCUT2D eigenvalue weighted by atomic mass is 10.0. The van der Waals surface area contributed by atoms with E-state index in [4.69, 9.17) is 0 Å². The minimum Gasteiger partial charge on any atom is -0.480 e. The average Bonchev–Trinajstić information content (AvgIpc) is 2.53. The van der Waals surface area contributed by atoms with Crippen molar-refractivity contribution in [1.82, 2.24) is 4.90 Å². The van der Waals surface area contributed by atoms with Gasteiger partial charge in [-0.3, -0.25) is 4.79 Å². The molecule has 1 saturated heterocycles. The normalized spacial score (nSPS) is 18.0. The molecule has 2 rings (SSSR count). The van der Waals surface area contributed by atoms with Gasteiger partial charge in [-0.15, -0.1) is 0 Å². The van der Waals surface area contributed by atoms with Gasteiger partial charge in [0.2, 0.25) is 5.91 Å². The summed E-state index contributed by atoms with van der Waals surface area (Å²) in [6.07, 6.45) is 2.73. The first kappa shape index (κ1) is 17.2. The number of benzene rings is 1.